The van der Waals surface area contributed by atoms with Gasteiger partial charge in [0.05, 0.1) is 5.02 Å². The van der Waals surface area contributed by atoms with E-state index in [2.05, 4.69) is 36.4 Å². The van der Waals surface area contributed by atoms with Crippen LogP contribution in [0.5, 0.6) is 0 Å². The molecule has 0 bridgehead atoms. The van der Waals surface area contributed by atoms with Crippen LogP contribution in [0, 0.1) is 0 Å². The fourth-order valence-electron chi connectivity index (χ4n) is 2.71. The first kappa shape index (κ1) is 12.5. The van der Waals surface area contributed by atoms with E-state index in [1.807, 2.05) is 12.1 Å². The summed E-state index contributed by atoms with van der Waals surface area (Å²) >= 11 is 6.56. The van der Waals surface area contributed by atoms with Crippen LogP contribution in [0.1, 0.15) is 12.0 Å². The number of nitrogens with two attached hydrogens (primary N) is 1. The minimum atomic E-state index is 0.714. The lowest BCUT2D eigenvalue weighted by atomic mass is 9.94. The molecule has 3 rings (SSSR count). The maximum absolute atomic E-state index is 6.56. The largest absolute Gasteiger partial charge is 0.330 e. The van der Waals surface area contributed by atoms with Gasteiger partial charge in [-0.05, 0) is 35.7 Å². The molecule has 0 fully saturated rings. The zero-order valence-corrected chi connectivity index (χ0v) is 11.5. The highest BCUT2D eigenvalue weighted by molar-refractivity contribution is 6.41. The summed E-state index contributed by atoms with van der Waals surface area (Å²) in [5, 5.41) is 5.62. The van der Waals surface area contributed by atoms with Crippen LogP contribution in [0.2, 0.25) is 5.02 Å². The molecular formula is C17H16ClN. The third-order valence-corrected chi connectivity index (χ3v) is 4.02. The van der Waals surface area contributed by atoms with Gasteiger partial charge in [-0.2, -0.15) is 0 Å². The van der Waals surface area contributed by atoms with Crippen LogP contribution in [-0.2, 0) is 6.42 Å². The first-order valence-corrected chi connectivity index (χ1v) is 6.98. The van der Waals surface area contributed by atoms with E-state index in [1.54, 1.807) is 0 Å². The Balaban J connectivity index is 2.42. The molecule has 96 valence electrons. The topological polar surface area (TPSA) is 26.0 Å². The zero-order valence-electron chi connectivity index (χ0n) is 10.7. The zero-order chi connectivity index (χ0) is 13.2. The Bertz CT molecular complexity index is 677. The molecule has 3 aromatic rings. The summed E-state index contributed by atoms with van der Waals surface area (Å²) in [4.78, 5) is 0. The lowest BCUT2D eigenvalue weighted by Gasteiger charge is -2.13. The average molecular weight is 270 g/mol. The van der Waals surface area contributed by atoms with E-state index in [4.69, 9.17) is 17.3 Å². The van der Waals surface area contributed by atoms with Gasteiger partial charge in [-0.1, -0.05) is 60.1 Å². The molecule has 0 saturated carbocycles. The molecule has 0 radical (unpaired) electrons. The predicted molar refractivity (Wildman–Crippen MR) is 83.8 cm³/mol. The van der Waals surface area contributed by atoms with E-state index < -0.39 is 0 Å². The van der Waals surface area contributed by atoms with Crippen molar-refractivity contribution in [3.8, 4) is 0 Å². The number of hydrogen-bond donors (Lipinski definition) is 1. The number of rotatable bonds is 3. The second-order valence-electron chi connectivity index (χ2n) is 4.78. The van der Waals surface area contributed by atoms with Gasteiger partial charge in [0.25, 0.3) is 0 Å². The molecule has 0 heterocycles. The second kappa shape index (κ2) is 5.20. The summed E-state index contributed by atoms with van der Waals surface area (Å²) in [6.45, 7) is 0.714. The summed E-state index contributed by atoms with van der Waals surface area (Å²) in [7, 11) is 0. The van der Waals surface area contributed by atoms with Crippen molar-refractivity contribution >= 4 is 33.1 Å². The monoisotopic (exact) mass is 269 g/mol. The molecule has 3 aromatic carbocycles. The number of fused-ring (bicyclic) bond motifs is 2. The molecule has 0 atom stereocenters. The van der Waals surface area contributed by atoms with Crippen molar-refractivity contribution in [1.29, 1.82) is 0 Å². The molecule has 0 unspecified atom stereocenters. The number of hydrogen-bond acceptors (Lipinski definition) is 1. The van der Waals surface area contributed by atoms with Gasteiger partial charge in [-0.15, -0.1) is 0 Å². The van der Waals surface area contributed by atoms with Gasteiger partial charge in [0.1, 0.15) is 0 Å². The standard InChI is InChI=1S/C17H16ClN/c18-17-15-8-3-1-6-13(15)12(10-5-11-19)14-7-2-4-9-16(14)17/h1-4,6-9H,5,10-11,19H2. The van der Waals surface area contributed by atoms with Crippen molar-refractivity contribution in [2.24, 2.45) is 5.73 Å². The van der Waals surface area contributed by atoms with Crippen LogP contribution >= 0.6 is 11.6 Å². The SMILES string of the molecule is NCCCc1c2ccccc2c(Cl)c2ccccc12. The van der Waals surface area contributed by atoms with E-state index in [1.165, 1.54) is 16.3 Å². The lowest BCUT2D eigenvalue weighted by Crippen LogP contribution is -2.01. The molecule has 0 aliphatic heterocycles. The first-order valence-electron chi connectivity index (χ1n) is 6.61. The fourth-order valence-corrected chi connectivity index (χ4v) is 3.04. The summed E-state index contributed by atoms with van der Waals surface area (Å²) in [5.74, 6) is 0. The van der Waals surface area contributed by atoms with Crippen molar-refractivity contribution in [3.63, 3.8) is 0 Å². The molecule has 0 spiro atoms. The summed E-state index contributed by atoms with van der Waals surface area (Å²) in [6.07, 6.45) is 1.99. The van der Waals surface area contributed by atoms with Gasteiger partial charge in [0.15, 0.2) is 0 Å². The van der Waals surface area contributed by atoms with Crippen molar-refractivity contribution in [2.75, 3.05) is 6.54 Å². The quantitative estimate of drug-likeness (QED) is 0.694. The second-order valence-corrected chi connectivity index (χ2v) is 5.15. The van der Waals surface area contributed by atoms with E-state index >= 15 is 0 Å². The van der Waals surface area contributed by atoms with Crippen LogP contribution in [0.3, 0.4) is 0 Å². The van der Waals surface area contributed by atoms with Crippen molar-refractivity contribution in [2.45, 2.75) is 12.8 Å². The highest BCUT2D eigenvalue weighted by atomic mass is 35.5. The van der Waals surface area contributed by atoms with Crippen LogP contribution in [0.25, 0.3) is 21.5 Å². The fraction of sp³-hybridized carbons (Fsp3) is 0.176. The Kier molecular flexibility index (Phi) is 3.41. The van der Waals surface area contributed by atoms with E-state index in [-0.39, 0.29) is 0 Å². The van der Waals surface area contributed by atoms with Crippen molar-refractivity contribution in [3.05, 3.63) is 59.1 Å². The highest BCUT2D eigenvalue weighted by Crippen LogP contribution is 2.36. The molecule has 0 aromatic heterocycles. The Morgan fingerprint density at radius 3 is 1.74 bits per heavy atom. The van der Waals surface area contributed by atoms with Crippen molar-refractivity contribution < 1.29 is 0 Å². The lowest BCUT2D eigenvalue weighted by molar-refractivity contribution is 0.841. The molecule has 1 nitrogen and oxygen atoms in total. The number of halogens is 1. The van der Waals surface area contributed by atoms with Crippen LogP contribution in [-0.4, -0.2) is 6.54 Å². The van der Waals surface area contributed by atoms with Gasteiger partial charge in [0.2, 0.25) is 0 Å². The predicted octanol–water partition coefficient (Wildman–Crippen LogP) is 4.54. The third kappa shape index (κ3) is 2.09. The van der Waals surface area contributed by atoms with E-state index in [9.17, 15) is 0 Å². The van der Waals surface area contributed by atoms with Crippen LogP contribution in [0.4, 0.5) is 0 Å². The van der Waals surface area contributed by atoms with E-state index in [0.29, 0.717) is 6.54 Å². The van der Waals surface area contributed by atoms with Crippen molar-refractivity contribution in [1.82, 2.24) is 0 Å². The minimum Gasteiger partial charge on any atom is -0.330 e. The molecule has 2 heteroatoms. The Labute approximate surface area is 118 Å². The van der Waals surface area contributed by atoms with Gasteiger partial charge >= 0.3 is 0 Å². The van der Waals surface area contributed by atoms with Gasteiger partial charge in [0, 0.05) is 10.8 Å². The first-order chi connectivity index (χ1) is 9.33. The average Bonchev–Trinajstić information content (AvgIpc) is 2.47. The molecule has 2 N–H and O–H groups in total. The number of benzene rings is 3. The summed E-state index contributed by atoms with van der Waals surface area (Å²) in [5.41, 5.74) is 7.03. The van der Waals surface area contributed by atoms with Gasteiger partial charge in [-0.3, -0.25) is 0 Å². The normalized spacial score (nSPS) is 11.3. The maximum Gasteiger partial charge on any atom is 0.0562 e. The Hall–Kier alpha value is -1.57. The minimum absolute atomic E-state index is 0.714. The summed E-state index contributed by atoms with van der Waals surface area (Å²) in [6, 6.07) is 16.7. The third-order valence-electron chi connectivity index (χ3n) is 3.61. The molecule has 0 aliphatic rings. The Morgan fingerprint density at radius 1 is 0.789 bits per heavy atom. The molecule has 0 amide bonds. The summed E-state index contributed by atoms with van der Waals surface area (Å²) < 4.78 is 0. The van der Waals surface area contributed by atoms with Crippen LogP contribution in [0.15, 0.2) is 48.5 Å². The highest BCUT2D eigenvalue weighted by Gasteiger charge is 2.11. The Morgan fingerprint density at radius 2 is 1.26 bits per heavy atom. The molecular weight excluding hydrogens is 254 g/mol. The smallest absolute Gasteiger partial charge is 0.0562 e. The molecule has 19 heavy (non-hydrogen) atoms. The molecule has 0 aliphatic carbocycles. The van der Waals surface area contributed by atoms with E-state index in [0.717, 1.165) is 28.6 Å². The van der Waals surface area contributed by atoms with Crippen LogP contribution < -0.4 is 5.73 Å². The van der Waals surface area contributed by atoms with Gasteiger partial charge in [-0.25, -0.2) is 0 Å². The van der Waals surface area contributed by atoms with Gasteiger partial charge < -0.3 is 5.73 Å². The maximum atomic E-state index is 6.56. The number of aryl methyl sites for hydroxylation is 1. The molecule has 0 saturated heterocycles.